The molecule has 0 radical (unpaired) electrons. The zero-order chi connectivity index (χ0) is 16.3. The Hall–Kier alpha value is -1.43. The van der Waals surface area contributed by atoms with Crippen molar-refractivity contribution in [2.45, 2.75) is 50.7 Å². The van der Waals surface area contributed by atoms with Crippen molar-refractivity contribution in [3.63, 3.8) is 0 Å². The van der Waals surface area contributed by atoms with Gasteiger partial charge in [0.25, 0.3) is 0 Å². The van der Waals surface area contributed by atoms with E-state index in [1.165, 1.54) is 0 Å². The van der Waals surface area contributed by atoms with E-state index in [0.717, 1.165) is 12.0 Å². The second-order valence-electron chi connectivity index (χ2n) is 8.23. The molecule has 5 heteroatoms. The normalized spacial score (nSPS) is 52.5. The van der Waals surface area contributed by atoms with E-state index < -0.39 is 11.6 Å². The Balaban J connectivity index is 1.39. The summed E-state index contributed by atoms with van der Waals surface area (Å²) in [6.07, 6.45) is 1.08. The fraction of sp³-hybridized carbons (Fsp3) is 0.632. The molecule has 4 heterocycles. The molecule has 1 saturated carbocycles. The smallest absolute Gasteiger partial charge is 0.231 e. The van der Waals surface area contributed by atoms with E-state index >= 15 is 0 Å². The Labute approximate surface area is 140 Å². The number of rotatable bonds is 2. The van der Waals surface area contributed by atoms with Crippen molar-refractivity contribution in [2.24, 2.45) is 23.7 Å². The number of amides is 1. The first-order chi connectivity index (χ1) is 11.5. The van der Waals surface area contributed by atoms with E-state index in [9.17, 15) is 4.79 Å². The van der Waals surface area contributed by atoms with Gasteiger partial charge in [-0.05, 0) is 25.8 Å². The van der Waals surface area contributed by atoms with Gasteiger partial charge in [-0.25, -0.2) is 0 Å². The third kappa shape index (κ3) is 1.42. The summed E-state index contributed by atoms with van der Waals surface area (Å²) in [7, 11) is 0. The Kier molecular flexibility index (Phi) is 2.32. The number of hydrogen-bond donors (Lipinski definition) is 0. The second-order valence-corrected chi connectivity index (χ2v) is 8.23. The average Bonchev–Trinajstić information content (AvgIpc) is 3.17. The molecule has 8 unspecified atom stereocenters. The minimum absolute atomic E-state index is 0.0979. The molecule has 6 bridgehead atoms. The summed E-state index contributed by atoms with van der Waals surface area (Å²) >= 11 is 0. The zero-order valence-electron chi connectivity index (χ0n) is 13.8. The van der Waals surface area contributed by atoms with Crippen LogP contribution in [0.25, 0.3) is 0 Å². The molecule has 5 aliphatic rings. The van der Waals surface area contributed by atoms with Crippen molar-refractivity contribution in [2.75, 3.05) is 0 Å². The molecule has 8 atom stereocenters. The lowest BCUT2D eigenvalue weighted by Gasteiger charge is -2.44. The van der Waals surface area contributed by atoms with Crippen LogP contribution in [0.5, 0.6) is 0 Å². The van der Waals surface area contributed by atoms with Gasteiger partial charge >= 0.3 is 0 Å². The van der Waals surface area contributed by atoms with Crippen LogP contribution in [0.1, 0.15) is 25.8 Å². The van der Waals surface area contributed by atoms with Gasteiger partial charge in [-0.3, -0.25) is 9.69 Å². The highest BCUT2D eigenvalue weighted by atomic mass is 16.8. The molecule has 1 aromatic carbocycles. The lowest BCUT2D eigenvalue weighted by Crippen LogP contribution is -2.57. The lowest BCUT2D eigenvalue weighted by atomic mass is 9.83. The summed E-state index contributed by atoms with van der Waals surface area (Å²) in [5.41, 5.74) is 1.03. The maximum Gasteiger partial charge on any atom is 0.231 e. The molecule has 1 aromatic rings. The van der Waals surface area contributed by atoms with Gasteiger partial charge < -0.3 is 14.2 Å². The highest BCUT2D eigenvalue weighted by molar-refractivity contribution is 5.79. The topological polar surface area (TPSA) is 48.0 Å². The SMILES string of the molecule is CC12OC3C4CC5C(OC(C)(O1)C5C42)N3C(=O)Cc1ccccc1. The Morgan fingerprint density at radius 1 is 1.08 bits per heavy atom. The van der Waals surface area contributed by atoms with E-state index in [0.29, 0.717) is 30.1 Å². The lowest BCUT2D eigenvalue weighted by molar-refractivity contribution is -0.359. The van der Waals surface area contributed by atoms with Gasteiger partial charge in [-0.1, -0.05) is 30.3 Å². The third-order valence-electron chi connectivity index (χ3n) is 6.95. The minimum atomic E-state index is -0.611. The molecule has 4 saturated heterocycles. The van der Waals surface area contributed by atoms with Crippen molar-refractivity contribution in [1.29, 1.82) is 0 Å². The average molecular weight is 327 g/mol. The number of likely N-dealkylation sites (tertiary alicyclic amines) is 1. The van der Waals surface area contributed by atoms with Crippen molar-refractivity contribution in [3.05, 3.63) is 35.9 Å². The molecule has 1 aliphatic carbocycles. The van der Waals surface area contributed by atoms with Crippen LogP contribution in [-0.2, 0) is 25.4 Å². The standard InChI is InChI=1S/C19H21NO4/c1-18-14-11-9-12-15(14)19(2,24-18)23-17(12)20(16(11)22-18)13(21)8-10-6-4-3-5-7-10/h3-7,11-12,14-17H,8-9H2,1-2H3. The molecule has 126 valence electrons. The van der Waals surface area contributed by atoms with Crippen LogP contribution in [-0.4, -0.2) is 34.8 Å². The summed E-state index contributed by atoms with van der Waals surface area (Å²) in [6.45, 7) is 4.06. The molecular weight excluding hydrogens is 306 g/mol. The monoisotopic (exact) mass is 327 g/mol. The zero-order valence-corrected chi connectivity index (χ0v) is 13.8. The fourth-order valence-corrected chi connectivity index (χ4v) is 6.37. The predicted octanol–water partition coefficient (Wildman–Crippen LogP) is 2.11. The molecule has 5 fully saturated rings. The van der Waals surface area contributed by atoms with E-state index in [1.54, 1.807) is 0 Å². The van der Waals surface area contributed by atoms with E-state index in [-0.39, 0.29) is 18.4 Å². The van der Waals surface area contributed by atoms with Gasteiger partial charge in [-0.15, -0.1) is 0 Å². The molecule has 4 aliphatic heterocycles. The number of carbonyl (C=O) groups excluding carboxylic acids is 1. The summed E-state index contributed by atoms with van der Waals surface area (Å²) in [4.78, 5) is 15.0. The van der Waals surface area contributed by atoms with Crippen LogP contribution < -0.4 is 0 Å². The van der Waals surface area contributed by atoms with Crippen LogP contribution in [0, 0.1) is 23.7 Å². The largest absolute Gasteiger partial charge is 0.326 e. The molecule has 6 rings (SSSR count). The van der Waals surface area contributed by atoms with Crippen LogP contribution >= 0.6 is 0 Å². The number of benzene rings is 1. The van der Waals surface area contributed by atoms with Crippen LogP contribution in [0.15, 0.2) is 30.3 Å². The maximum atomic E-state index is 13.1. The van der Waals surface area contributed by atoms with Gasteiger partial charge in [-0.2, -0.15) is 0 Å². The first-order valence-corrected chi connectivity index (χ1v) is 8.91. The van der Waals surface area contributed by atoms with Crippen LogP contribution in [0.2, 0.25) is 0 Å². The number of nitrogens with zero attached hydrogens (tertiary/aromatic N) is 1. The summed E-state index contributed by atoms with van der Waals surface area (Å²) in [5, 5.41) is 0. The van der Waals surface area contributed by atoms with Crippen LogP contribution in [0.3, 0.4) is 0 Å². The number of carbonyl (C=O) groups is 1. The van der Waals surface area contributed by atoms with E-state index in [1.807, 2.05) is 49.1 Å². The molecular formula is C19H21NO4. The fourth-order valence-electron chi connectivity index (χ4n) is 6.37. The summed E-state index contributed by atoms with van der Waals surface area (Å²) in [6, 6.07) is 9.90. The van der Waals surface area contributed by atoms with Crippen LogP contribution in [0.4, 0.5) is 0 Å². The van der Waals surface area contributed by atoms with Crippen molar-refractivity contribution in [1.82, 2.24) is 4.90 Å². The van der Waals surface area contributed by atoms with Gasteiger partial charge in [0.1, 0.15) is 12.5 Å². The molecule has 1 amide bonds. The van der Waals surface area contributed by atoms with Gasteiger partial charge in [0.05, 0.1) is 6.42 Å². The van der Waals surface area contributed by atoms with Gasteiger partial charge in [0.15, 0.2) is 11.6 Å². The highest BCUT2D eigenvalue weighted by Gasteiger charge is 2.81. The molecule has 24 heavy (non-hydrogen) atoms. The first-order valence-electron chi connectivity index (χ1n) is 8.91. The van der Waals surface area contributed by atoms with E-state index in [4.69, 9.17) is 14.2 Å². The first kappa shape index (κ1) is 13.8. The van der Waals surface area contributed by atoms with Crippen molar-refractivity contribution < 1.29 is 19.0 Å². The number of ether oxygens (including phenoxy) is 3. The minimum Gasteiger partial charge on any atom is -0.326 e. The van der Waals surface area contributed by atoms with Crippen molar-refractivity contribution >= 4 is 5.91 Å². The molecule has 0 aromatic heterocycles. The summed E-state index contributed by atoms with van der Waals surface area (Å²) in [5.74, 6) is 0.327. The summed E-state index contributed by atoms with van der Waals surface area (Å²) < 4.78 is 18.9. The Morgan fingerprint density at radius 3 is 2.25 bits per heavy atom. The Morgan fingerprint density at radius 2 is 1.67 bits per heavy atom. The second kappa shape index (κ2) is 4.03. The number of piperidine rings is 1. The predicted molar refractivity (Wildman–Crippen MR) is 83.2 cm³/mol. The quantitative estimate of drug-likeness (QED) is 0.835. The Bertz CT molecular complexity index is 704. The molecule has 5 nitrogen and oxygen atoms in total. The highest BCUT2D eigenvalue weighted by Crippen LogP contribution is 2.72. The third-order valence-corrected chi connectivity index (χ3v) is 6.95. The van der Waals surface area contributed by atoms with E-state index in [2.05, 4.69) is 0 Å². The maximum absolute atomic E-state index is 13.1. The molecule has 0 spiro atoms. The number of hydrogen-bond acceptors (Lipinski definition) is 4. The van der Waals surface area contributed by atoms with Gasteiger partial charge in [0, 0.05) is 23.7 Å². The van der Waals surface area contributed by atoms with Gasteiger partial charge in [0.2, 0.25) is 5.91 Å². The van der Waals surface area contributed by atoms with Crippen molar-refractivity contribution in [3.8, 4) is 0 Å². The molecule has 0 N–H and O–H groups in total.